The van der Waals surface area contributed by atoms with Crippen LogP contribution in [-0.2, 0) is 11.2 Å². The maximum absolute atomic E-state index is 12.7. The lowest BCUT2D eigenvalue weighted by Crippen LogP contribution is -2.39. The van der Waals surface area contributed by atoms with Crippen LogP contribution in [0.15, 0.2) is 30.3 Å². The highest BCUT2D eigenvalue weighted by Crippen LogP contribution is 2.43. The van der Waals surface area contributed by atoms with Crippen LogP contribution in [0.5, 0.6) is 17.2 Å². The van der Waals surface area contributed by atoms with Gasteiger partial charge >= 0.3 is 6.09 Å². The number of carbonyl (C=O) groups excluding carboxylic acids is 1. The molecule has 0 fully saturated rings. The van der Waals surface area contributed by atoms with Gasteiger partial charge in [0, 0.05) is 19.0 Å². The highest BCUT2D eigenvalue weighted by molar-refractivity contribution is 6.33. The fraction of sp³-hybridized carbons (Fsp3) is 0.381. The first kappa shape index (κ1) is 20.1. The zero-order valence-corrected chi connectivity index (χ0v) is 16.8. The van der Waals surface area contributed by atoms with E-state index in [9.17, 15) is 20.1 Å². The summed E-state index contributed by atoms with van der Waals surface area (Å²) in [6.07, 6.45) is -0.0239. The Balaban J connectivity index is 2.07. The van der Waals surface area contributed by atoms with Gasteiger partial charge in [-0.25, -0.2) is 4.79 Å². The largest absolute Gasteiger partial charge is 0.508 e. The highest BCUT2D eigenvalue weighted by atomic mass is 35.5. The number of phenols is 3. The second kappa shape index (κ2) is 7.43. The SMILES string of the molecule is CC(C)(C)OC(=O)N1CCc2c(cc(O)c(O)c2Cl)C(c2ccc(O)cc2)C1. The van der Waals surface area contributed by atoms with E-state index in [-0.39, 0.29) is 28.2 Å². The summed E-state index contributed by atoms with van der Waals surface area (Å²) in [4.78, 5) is 14.3. The van der Waals surface area contributed by atoms with E-state index in [0.717, 1.165) is 11.1 Å². The predicted octanol–water partition coefficient (Wildman–Crippen LogP) is 4.38. The lowest BCUT2D eigenvalue weighted by Gasteiger charge is -2.29. The fourth-order valence-electron chi connectivity index (χ4n) is 3.39. The van der Waals surface area contributed by atoms with Crippen LogP contribution in [0.25, 0.3) is 0 Å². The van der Waals surface area contributed by atoms with Crippen LogP contribution in [0, 0.1) is 0 Å². The number of hydrogen-bond donors (Lipinski definition) is 3. The summed E-state index contributed by atoms with van der Waals surface area (Å²) in [5, 5.41) is 29.9. The molecule has 3 N–H and O–H groups in total. The number of amides is 1. The van der Waals surface area contributed by atoms with Gasteiger partial charge in [0.1, 0.15) is 11.4 Å². The molecule has 0 aliphatic carbocycles. The van der Waals surface area contributed by atoms with E-state index >= 15 is 0 Å². The number of benzene rings is 2. The van der Waals surface area contributed by atoms with Gasteiger partial charge in [-0.2, -0.15) is 0 Å². The number of rotatable bonds is 1. The summed E-state index contributed by atoms with van der Waals surface area (Å²) in [6, 6.07) is 8.16. The summed E-state index contributed by atoms with van der Waals surface area (Å²) in [5.41, 5.74) is 1.63. The molecule has 1 amide bonds. The second-order valence-electron chi connectivity index (χ2n) is 7.95. The minimum absolute atomic E-state index is 0.0878. The summed E-state index contributed by atoms with van der Waals surface area (Å²) in [7, 11) is 0. The number of ether oxygens (including phenoxy) is 1. The molecule has 7 heteroatoms. The molecule has 1 heterocycles. The molecule has 0 saturated heterocycles. The molecule has 2 aromatic carbocycles. The number of hydrogen-bond acceptors (Lipinski definition) is 5. The van der Waals surface area contributed by atoms with Gasteiger partial charge in [0.2, 0.25) is 0 Å². The third kappa shape index (κ3) is 4.12. The Bertz CT molecular complexity index is 889. The van der Waals surface area contributed by atoms with Crippen LogP contribution in [0.2, 0.25) is 5.02 Å². The molecule has 1 atom stereocenters. The van der Waals surface area contributed by atoms with E-state index in [0.29, 0.717) is 25.1 Å². The first-order valence-electron chi connectivity index (χ1n) is 9.07. The zero-order valence-electron chi connectivity index (χ0n) is 16.1. The Kier molecular flexibility index (Phi) is 5.35. The van der Waals surface area contributed by atoms with Gasteiger partial charge in [0.15, 0.2) is 11.5 Å². The Morgan fingerprint density at radius 1 is 1.18 bits per heavy atom. The molecule has 1 aliphatic rings. The summed E-state index contributed by atoms with van der Waals surface area (Å²) in [5.74, 6) is -0.850. The van der Waals surface area contributed by atoms with E-state index < -0.39 is 11.7 Å². The van der Waals surface area contributed by atoms with Crippen LogP contribution in [0.3, 0.4) is 0 Å². The molecule has 150 valence electrons. The molecule has 0 aromatic heterocycles. The van der Waals surface area contributed by atoms with Crippen molar-refractivity contribution < 1.29 is 24.9 Å². The fourth-order valence-corrected chi connectivity index (χ4v) is 3.69. The topological polar surface area (TPSA) is 90.2 Å². The van der Waals surface area contributed by atoms with Gasteiger partial charge in [-0.15, -0.1) is 0 Å². The maximum Gasteiger partial charge on any atom is 0.410 e. The molecule has 2 aromatic rings. The van der Waals surface area contributed by atoms with Gasteiger partial charge in [0.25, 0.3) is 0 Å². The van der Waals surface area contributed by atoms with Gasteiger partial charge in [0.05, 0.1) is 5.02 Å². The quantitative estimate of drug-likeness (QED) is 0.612. The van der Waals surface area contributed by atoms with Crippen molar-refractivity contribution in [3.05, 3.63) is 52.0 Å². The molecule has 3 rings (SSSR count). The van der Waals surface area contributed by atoms with Crippen molar-refractivity contribution in [2.75, 3.05) is 13.1 Å². The number of aromatic hydroxyl groups is 3. The maximum atomic E-state index is 12.7. The van der Waals surface area contributed by atoms with Crippen LogP contribution >= 0.6 is 11.6 Å². The van der Waals surface area contributed by atoms with Crippen LogP contribution in [0.1, 0.15) is 43.4 Å². The van der Waals surface area contributed by atoms with E-state index in [1.165, 1.54) is 6.07 Å². The van der Waals surface area contributed by atoms with Crippen molar-refractivity contribution in [2.24, 2.45) is 0 Å². The number of fused-ring (bicyclic) bond motifs is 1. The molecule has 6 nitrogen and oxygen atoms in total. The molecular weight excluding hydrogens is 382 g/mol. The Labute approximate surface area is 168 Å². The van der Waals surface area contributed by atoms with Gasteiger partial charge < -0.3 is 25.0 Å². The lowest BCUT2D eigenvalue weighted by molar-refractivity contribution is 0.0251. The van der Waals surface area contributed by atoms with Crippen LogP contribution in [0.4, 0.5) is 4.79 Å². The lowest BCUT2D eigenvalue weighted by atomic mass is 9.87. The normalized spacial score (nSPS) is 17.0. The molecule has 1 aliphatic heterocycles. The number of phenolic OH excluding ortho intramolecular Hbond substituents is 3. The number of carbonyl (C=O) groups is 1. The minimum atomic E-state index is -0.627. The monoisotopic (exact) mass is 405 g/mol. The number of halogens is 1. The van der Waals surface area contributed by atoms with Crippen molar-refractivity contribution >= 4 is 17.7 Å². The van der Waals surface area contributed by atoms with Crippen molar-refractivity contribution in [2.45, 2.75) is 38.7 Å². The first-order valence-corrected chi connectivity index (χ1v) is 9.44. The smallest absolute Gasteiger partial charge is 0.410 e. The van der Waals surface area contributed by atoms with E-state index in [1.807, 2.05) is 20.8 Å². The predicted molar refractivity (Wildman–Crippen MR) is 106 cm³/mol. The van der Waals surface area contributed by atoms with Crippen LogP contribution in [-0.4, -0.2) is 45.0 Å². The molecule has 0 radical (unpaired) electrons. The molecule has 1 unspecified atom stereocenters. The summed E-state index contributed by atoms with van der Waals surface area (Å²) in [6.45, 7) is 6.10. The van der Waals surface area contributed by atoms with Crippen molar-refractivity contribution in [3.8, 4) is 17.2 Å². The van der Waals surface area contributed by atoms with Gasteiger partial charge in [-0.3, -0.25) is 0 Å². The molecule has 0 spiro atoms. The average molecular weight is 406 g/mol. The third-order valence-electron chi connectivity index (χ3n) is 4.71. The van der Waals surface area contributed by atoms with E-state index in [1.54, 1.807) is 29.2 Å². The average Bonchev–Trinajstić information content (AvgIpc) is 2.79. The third-order valence-corrected chi connectivity index (χ3v) is 5.12. The number of nitrogens with zero attached hydrogens (tertiary/aromatic N) is 1. The molecule has 28 heavy (non-hydrogen) atoms. The summed E-state index contributed by atoms with van der Waals surface area (Å²) >= 11 is 6.32. The minimum Gasteiger partial charge on any atom is -0.508 e. The van der Waals surface area contributed by atoms with E-state index in [2.05, 4.69) is 0 Å². The highest BCUT2D eigenvalue weighted by Gasteiger charge is 2.32. The van der Waals surface area contributed by atoms with Gasteiger partial charge in [-0.05, 0) is 62.1 Å². The van der Waals surface area contributed by atoms with Crippen LogP contribution < -0.4 is 0 Å². The summed E-state index contributed by atoms with van der Waals surface area (Å²) < 4.78 is 5.53. The Hall–Kier alpha value is -2.60. The molecule has 0 saturated carbocycles. The van der Waals surface area contributed by atoms with Crippen molar-refractivity contribution in [1.82, 2.24) is 4.90 Å². The second-order valence-corrected chi connectivity index (χ2v) is 8.32. The Morgan fingerprint density at radius 3 is 2.43 bits per heavy atom. The van der Waals surface area contributed by atoms with Crippen molar-refractivity contribution in [1.29, 1.82) is 0 Å². The Morgan fingerprint density at radius 2 is 1.82 bits per heavy atom. The molecule has 0 bridgehead atoms. The van der Waals surface area contributed by atoms with E-state index in [4.69, 9.17) is 16.3 Å². The van der Waals surface area contributed by atoms with Gasteiger partial charge in [-0.1, -0.05) is 23.7 Å². The molecular formula is C21H24ClNO5. The standard InChI is InChI=1S/C21H24ClNO5/c1-21(2,3)28-20(27)23-9-8-14-15(10-17(25)19(26)18(14)22)16(11-23)12-4-6-13(24)7-5-12/h4-7,10,16,24-26H,8-9,11H2,1-3H3. The van der Waals surface area contributed by atoms with Crippen molar-refractivity contribution in [3.63, 3.8) is 0 Å². The first-order chi connectivity index (χ1) is 13.1. The zero-order chi connectivity index (χ0) is 20.6.